The molecule has 4 rings (SSSR count). The number of carbonyl (C=O) groups excluding carboxylic acids is 1. The van der Waals surface area contributed by atoms with Crippen molar-refractivity contribution >= 4 is 43.6 Å². The zero-order valence-electron chi connectivity index (χ0n) is 21.4. The molecule has 0 bridgehead atoms. The molecule has 0 atom stereocenters. The van der Waals surface area contributed by atoms with Gasteiger partial charge in [-0.15, -0.1) is 0 Å². The van der Waals surface area contributed by atoms with Crippen LogP contribution in [0.3, 0.4) is 0 Å². The molecule has 0 saturated carbocycles. The van der Waals surface area contributed by atoms with Gasteiger partial charge in [-0.2, -0.15) is 0 Å². The number of rotatable bonds is 10. The average Bonchev–Trinajstić information content (AvgIpc) is 2.93. The summed E-state index contributed by atoms with van der Waals surface area (Å²) < 4.78 is 34.8. The number of anilines is 1. The Morgan fingerprint density at radius 1 is 0.947 bits per heavy atom. The second kappa shape index (κ2) is 13.1. The monoisotopic (exact) mass is 597 g/mol. The van der Waals surface area contributed by atoms with Gasteiger partial charge < -0.3 is 9.64 Å². The number of hydrogen-bond acceptors (Lipinski definition) is 5. The Balaban J connectivity index is 1.44. The summed E-state index contributed by atoms with van der Waals surface area (Å²) in [5.74, 6) is 0.417. The van der Waals surface area contributed by atoms with Crippen LogP contribution in [0.5, 0.6) is 5.75 Å². The van der Waals surface area contributed by atoms with E-state index in [2.05, 4.69) is 45.1 Å². The molecule has 200 valence electrons. The molecule has 1 saturated heterocycles. The van der Waals surface area contributed by atoms with Gasteiger partial charge in [-0.05, 0) is 61.0 Å². The van der Waals surface area contributed by atoms with Gasteiger partial charge in [-0.1, -0.05) is 58.4 Å². The first-order valence-electron chi connectivity index (χ1n) is 12.6. The molecule has 1 heterocycles. The van der Waals surface area contributed by atoms with Crippen LogP contribution >= 0.6 is 15.9 Å². The Hall–Kier alpha value is -3.14. The molecule has 0 unspecified atom stereocenters. The van der Waals surface area contributed by atoms with Gasteiger partial charge in [0, 0.05) is 37.2 Å². The first-order valence-corrected chi connectivity index (χ1v) is 14.8. The molecule has 1 aliphatic rings. The van der Waals surface area contributed by atoms with Gasteiger partial charge in [0.2, 0.25) is 5.91 Å². The summed E-state index contributed by atoms with van der Waals surface area (Å²) in [4.78, 5) is 17.5. The van der Waals surface area contributed by atoms with E-state index in [0.717, 1.165) is 29.7 Å². The standard InChI is InChI=1S/C29H32BrN3O4S/c1-2-37-27-14-12-26(13-15-27)33(38(35,36)28-16-10-25(30)11-17-28)23-29(34)32-21-19-31(20-22-32)18-6-9-24-7-4-3-5-8-24/h3-17H,2,18-23H2,1H3/b9-6+. The summed E-state index contributed by atoms with van der Waals surface area (Å²) in [6.07, 6.45) is 4.23. The number of ether oxygens (including phenoxy) is 1. The highest BCUT2D eigenvalue weighted by atomic mass is 79.9. The Labute approximate surface area is 233 Å². The maximum Gasteiger partial charge on any atom is 0.264 e. The number of piperazine rings is 1. The fraction of sp³-hybridized carbons (Fsp3) is 0.276. The van der Waals surface area contributed by atoms with Gasteiger partial charge in [0.15, 0.2) is 0 Å². The first kappa shape index (κ1) is 27.9. The Morgan fingerprint density at radius 3 is 2.24 bits per heavy atom. The highest BCUT2D eigenvalue weighted by Crippen LogP contribution is 2.27. The lowest BCUT2D eigenvalue weighted by Crippen LogP contribution is -2.51. The molecule has 38 heavy (non-hydrogen) atoms. The molecule has 9 heteroatoms. The van der Waals surface area contributed by atoms with Gasteiger partial charge in [0.25, 0.3) is 10.0 Å². The van der Waals surface area contributed by atoms with Crippen molar-refractivity contribution in [1.29, 1.82) is 0 Å². The lowest BCUT2D eigenvalue weighted by molar-refractivity contribution is -0.131. The summed E-state index contributed by atoms with van der Waals surface area (Å²) in [6, 6.07) is 23.3. The van der Waals surface area contributed by atoms with E-state index in [0.29, 0.717) is 31.1 Å². The van der Waals surface area contributed by atoms with E-state index >= 15 is 0 Å². The van der Waals surface area contributed by atoms with Crippen LogP contribution in [0.25, 0.3) is 6.08 Å². The number of sulfonamides is 1. The van der Waals surface area contributed by atoms with Gasteiger partial charge >= 0.3 is 0 Å². The number of halogens is 1. The summed E-state index contributed by atoms with van der Waals surface area (Å²) in [7, 11) is -3.97. The van der Waals surface area contributed by atoms with Crippen molar-refractivity contribution in [1.82, 2.24) is 9.80 Å². The fourth-order valence-corrected chi connectivity index (χ4v) is 5.91. The van der Waals surface area contributed by atoms with Crippen LogP contribution in [-0.4, -0.2) is 70.0 Å². The van der Waals surface area contributed by atoms with E-state index in [1.807, 2.05) is 25.1 Å². The first-order chi connectivity index (χ1) is 18.4. The summed E-state index contributed by atoms with van der Waals surface area (Å²) in [6.45, 7) is 5.47. The molecule has 0 radical (unpaired) electrons. The van der Waals surface area contributed by atoms with Gasteiger partial charge in [-0.3, -0.25) is 14.0 Å². The molecule has 3 aromatic carbocycles. The second-order valence-electron chi connectivity index (χ2n) is 8.89. The molecule has 1 amide bonds. The smallest absolute Gasteiger partial charge is 0.264 e. The van der Waals surface area contributed by atoms with Crippen LogP contribution in [0, 0.1) is 0 Å². The van der Waals surface area contributed by atoms with E-state index < -0.39 is 10.0 Å². The largest absolute Gasteiger partial charge is 0.494 e. The van der Waals surface area contributed by atoms with Gasteiger partial charge in [0.1, 0.15) is 12.3 Å². The normalized spacial score (nSPS) is 14.5. The minimum absolute atomic E-state index is 0.123. The minimum atomic E-state index is -3.97. The maximum absolute atomic E-state index is 13.7. The topological polar surface area (TPSA) is 70.2 Å². The molecule has 0 aliphatic carbocycles. The number of amides is 1. The predicted octanol–water partition coefficient (Wildman–Crippen LogP) is 4.90. The third-order valence-corrected chi connectivity index (χ3v) is 8.63. The highest BCUT2D eigenvalue weighted by Gasteiger charge is 2.30. The van der Waals surface area contributed by atoms with E-state index in [9.17, 15) is 13.2 Å². The van der Waals surface area contributed by atoms with Crippen LogP contribution in [0.2, 0.25) is 0 Å². The lowest BCUT2D eigenvalue weighted by Gasteiger charge is -2.35. The molecular weight excluding hydrogens is 566 g/mol. The number of nitrogens with zero attached hydrogens (tertiary/aromatic N) is 3. The van der Waals surface area contributed by atoms with Crippen molar-refractivity contribution in [2.45, 2.75) is 11.8 Å². The molecule has 0 aromatic heterocycles. The number of hydrogen-bond donors (Lipinski definition) is 0. The SMILES string of the molecule is CCOc1ccc(N(CC(=O)N2CCN(C/C=C/c3ccccc3)CC2)S(=O)(=O)c2ccc(Br)cc2)cc1. The van der Waals surface area contributed by atoms with Crippen molar-refractivity contribution < 1.29 is 17.9 Å². The third-order valence-electron chi connectivity index (χ3n) is 6.31. The molecule has 3 aromatic rings. The zero-order chi connectivity index (χ0) is 27.0. The Morgan fingerprint density at radius 2 is 1.61 bits per heavy atom. The molecular formula is C29H32BrN3O4S. The summed E-state index contributed by atoms with van der Waals surface area (Å²) in [5.41, 5.74) is 1.57. The van der Waals surface area contributed by atoms with Gasteiger partial charge in [0.05, 0.1) is 17.2 Å². The van der Waals surface area contributed by atoms with Crippen LogP contribution in [-0.2, 0) is 14.8 Å². The van der Waals surface area contributed by atoms with E-state index in [1.165, 1.54) is 16.4 Å². The number of benzene rings is 3. The highest BCUT2D eigenvalue weighted by molar-refractivity contribution is 9.10. The van der Waals surface area contributed by atoms with Crippen molar-refractivity contribution in [3.63, 3.8) is 0 Å². The van der Waals surface area contributed by atoms with Crippen LogP contribution < -0.4 is 9.04 Å². The Kier molecular flexibility index (Phi) is 9.60. The van der Waals surface area contributed by atoms with Crippen molar-refractivity contribution in [3.05, 3.63) is 95.0 Å². The van der Waals surface area contributed by atoms with E-state index in [4.69, 9.17) is 4.74 Å². The fourth-order valence-electron chi connectivity index (χ4n) is 4.23. The van der Waals surface area contributed by atoms with Crippen molar-refractivity contribution in [3.8, 4) is 5.75 Å². The molecule has 1 fully saturated rings. The van der Waals surface area contributed by atoms with Crippen molar-refractivity contribution in [2.24, 2.45) is 0 Å². The van der Waals surface area contributed by atoms with Crippen molar-refractivity contribution in [2.75, 3.05) is 50.2 Å². The van der Waals surface area contributed by atoms with E-state index in [1.54, 1.807) is 41.3 Å². The number of carbonyl (C=O) groups is 1. The quantitative estimate of drug-likeness (QED) is 0.332. The van der Waals surface area contributed by atoms with Crippen LogP contribution in [0.1, 0.15) is 12.5 Å². The van der Waals surface area contributed by atoms with Crippen LogP contribution in [0.15, 0.2) is 94.3 Å². The predicted molar refractivity (Wildman–Crippen MR) is 155 cm³/mol. The van der Waals surface area contributed by atoms with E-state index in [-0.39, 0.29) is 17.3 Å². The molecule has 1 aliphatic heterocycles. The minimum Gasteiger partial charge on any atom is -0.494 e. The van der Waals surface area contributed by atoms with Crippen LogP contribution in [0.4, 0.5) is 5.69 Å². The average molecular weight is 599 g/mol. The molecule has 7 nitrogen and oxygen atoms in total. The molecule has 0 N–H and O–H groups in total. The summed E-state index contributed by atoms with van der Waals surface area (Å²) >= 11 is 3.35. The second-order valence-corrected chi connectivity index (χ2v) is 11.7. The zero-order valence-corrected chi connectivity index (χ0v) is 23.8. The third kappa shape index (κ3) is 7.24. The Bertz CT molecular complexity index is 1320. The summed E-state index contributed by atoms with van der Waals surface area (Å²) in [5, 5.41) is 0. The van der Waals surface area contributed by atoms with Gasteiger partial charge in [-0.25, -0.2) is 8.42 Å². The molecule has 0 spiro atoms. The maximum atomic E-state index is 13.7. The lowest BCUT2D eigenvalue weighted by atomic mass is 10.2.